The number of imide groups is 1. The first-order chi connectivity index (χ1) is 14.7. The molecule has 2 aromatic heterocycles. The van der Waals surface area contributed by atoms with Crippen molar-refractivity contribution >= 4 is 23.1 Å². The molecule has 0 saturated carbocycles. The quantitative estimate of drug-likeness (QED) is 0.523. The second kappa shape index (κ2) is 7.50. The van der Waals surface area contributed by atoms with Gasteiger partial charge in [-0.05, 0) is 52.8 Å². The van der Waals surface area contributed by atoms with Crippen molar-refractivity contribution in [3.05, 3.63) is 81.5 Å². The molecule has 158 valence electrons. The molecule has 2 amide bonds. The summed E-state index contributed by atoms with van der Waals surface area (Å²) < 4.78 is 3.07. The van der Waals surface area contributed by atoms with Gasteiger partial charge < -0.3 is 0 Å². The number of hydrogen-bond acceptors (Lipinski definition) is 3. The molecule has 1 aliphatic rings. The Balaban J connectivity index is 2.03. The minimum atomic E-state index is -0.457. The number of amides is 2. The van der Waals surface area contributed by atoms with Crippen molar-refractivity contribution in [2.24, 2.45) is 0 Å². The lowest BCUT2D eigenvalue weighted by Crippen LogP contribution is -2.42. The second-order valence-electron chi connectivity index (χ2n) is 8.18. The van der Waals surface area contributed by atoms with Gasteiger partial charge in [0.2, 0.25) is 0 Å². The lowest BCUT2D eigenvalue weighted by molar-refractivity contribution is -0.577. The molecule has 4 rings (SSSR count). The molecule has 1 aromatic carbocycles. The lowest BCUT2D eigenvalue weighted by Gasteiger charge is -2.17. The van der Waals surface area contributed by atoms with Crippen molar-refractivity contribution in [2.45, 2.75) is 40.7 Å². The average molecular weight is 417 g/mol. The predicted molar refractivity (Wildman–Crippen MR) is 117 cm³/mol. The zero-order valence-electron chi connectivity index (χ0n) is 18.3. The Kier molecular flexibility index (Phi) is 4.97. The van der Waals surface area contributed by atoms with E-state index in [4.69, 9.17) is 0 Å². The van der Waals surface area contributed by atoms with Crippen molar-refractivity contribution in [1.29, 1.82) is 0 Å². The number of nitrogens with zero attached hydrogens (tertiary/aromatic N) is 3. The van der Waals surface area contributed by atoms with E-state index >= 15 is 0 Å². The molecular formula is C24H25N4O3+. The minimum absolute atomic E-state index is 0.127. The van der Waals surface area contributed by atoms with Gasteiger partial charge in [-0.3, -0.25) is 24.4 Å². The Bertz CT molecular complexity index is 1280. The van der Waals surface area contributed by atoms with Gasteiger partial charge in [0.25, 0.3) is 17.2 Å². The molecule has 0 spiro atoms. The smallest absolute Gasteiger partial charge is 0.295 e. The SMILES string of the molecule is Cc1cc(C)c[n+](C2=C(c3c(C)[nH]n(-c4ccccc4)c3=O)C(=O)N(C(C)C)C2=O)c1. The number of pyridine rings is 1. The molecule has 0 radical (unpaired) electrons. The standard InChI is InChI=1S/C24H24N4O3/c1-14(2)27-22(29)20(21(24(27)31)26-12-15(3)11-16(4)13-26)19-17(5)25-28(23(19)30)18-9-7-6-8-10-18/h6-14H,1-5H3/p+1. The van der Waals surface area contributed by atoms with Gasteiger partial charge in [0.15, 0.2) is 12.4 Å². The topological polar surface area (TPSA) is 79.1 Å². The number of carbonyl (C=O) groups is 2. The molecule has 31 heavy (non-hydrogen) atoms. The normalized spacial score (nSPS) is 14.3. The number of aryl methyl sites for hydroxylation is 3. The Morgan fingerprint density at radius 3 is 2.10 bits per heavy atom. The number of hydrogen-bond donors (Lipinski definition) is 1. The summed E-state index contributed by atoms with van der Waals surface area (Å²) >= 11 is 0. The van der Waals surface area contributed by atoms with Crippen molar-refractivity contribution in [2.75, 3.05) is 0 Å². The first-order valence-electron chi connectivity index (χ1n) is 10.2. The molecule has 7 nitrogen and oxygen atoms in total. The third-order valence-electron chi connectivity index (χ3n) is 5.34. The van der Waals surface area contributed by atoms with Crippen LogP contribution in [-0.4, -0.2) is 32.5 Å². The highest BCUT2D eigenvalue weighted by molar-refractivity contribution is 6.44. The fourth-order valence-electron chi connectivity index (χ4n) is 4.11. The largest absolute Gasteiger partial charge is 0.327 e. The van der Waals surface area contributed by atoms with Crippen LogP contribution in [0.15, 0.2) is 53.6 Å². The number of para-hydroxylation sites is 1. The number of H-pyrrole nitrogens is 1. The third-order valence-corrected chi connectivity index (χ3v) is 5.34. The van der Waals surface area contributed by atoms with E-state index in [0.717, 1.165) is 11.1 Å². The Labute approximate surface area is 180 Å². The fraction of sp³-hybridized carbons (Fsp3) is 0.250. The van der Waals surface area contributed by atoms with Crippen molar-refractivity contribution in [3.8, 4) is 5.69 Å². The van der Waals surface area contributed by atoms with Crippen molar-refractivity contribution in [1.82, 2.24) is 14.7 Å². The van der Waals surface area contributed by atoms with Crippen molar-refractivity contribution < 1.29 is 14.2 Å². The maximum atomic E-state index is 13.4. The van der Waals surface area contributed by atoms with E-state index in [0.29, 0.717) is 11.4 Å². The molecule has 7 heteroatoms. The van der Waals surface area contributed by atoms with Crippen LogP contribution in [0.5, 0.6) is 0 Å². The van der Waals surface area contributed by atoms with Crippen LogP contribution in [0.1, 0.15) is 36.2 Å². The maximum Gasteiger partial charge on any atom is 0.327 e. The third kappa shape index (κ3) is 3.32. The van der Waals surface area contributed by atoms with Gasteiger partial charge >= 0.3 is 5.91 Å². The number of rotatable bonds is 4. The molecule has 0 bridgehead atoms. The summed E-state index contributed by atoms with van der Waals surface area (Å²) in [6.45, 7) is 9.16. The van der Waals surface area contributed by atoms with Crippen LogP contribution in [-0.2, 0) is 9.59 Å². The van der Waals surface area contributed by atoms with Crippen LogP contribution in [0.4, 0.5) is 0 Å². The Morgan fingerprint density at radius 2 is 1.52 bits per heavy atom. The average Bonchev–Trinajstić information content (AvgIpc) is 3.13. The molecule has 0 atom stereocenters. The van der Waals surface area contributed by atoms with E-state index in [1.54, 1.807) is 49.9 Å². The summed E-state index contributed by atoms with van der Waals surface area (Å²) in [4.78, 5) is 41.4. The number of benzene rings is 1. The van der Waals surface area contributed by atoms with Gasteiger partial charge in [-0.15, -0.1) is 0 Å². The van der Waals surface area contributed by atoms with Gasteiger partial charge in [0.05, 0.1) is 11.3 Å². The minimum Gasteiger partial charge on any atom is -0.295 e. The number of carbonyl (C=O) groups excluding carboxylic acids is 2. The monoisotopic (exact) mass is 417 g/mol. The van der Waals surface area contributed by atoms with E-state index in [9.17, 15) is 14.4 Å². The highest BCUT2D eigenvalue weighted by Crippen LogP contribution is 2.31. The summed E-state index contributed by atoms with van der Waals surface area (Å²) in [7, 11) is 0. The van der Waals surface area contributed by atoms with Gasteiger partial charge in [0.1, 0.15) is 5.57 Å². The van der Waals surface area contributed by atoms with Gasteiger partial charge in [0, 0.05) is 22.9 Å². The number of nitrogens with one attached hydrogen (secondary N) is 1. The summed E-state index contributed by atoms with van der Waals surface area (Å²) in [6, 6.07) is 10.8. The number of aromatic nitrogens is 3. The van der Waals surface area contributed by atoms with Crippen LogP contribution >= 0.6 is 0 Å². The lowest BCUT2D eigenvalue weighted by atomic mass is 10.0. The van der Waals surface area contributed by atoms with Gasteiger partial charge in [-0.1, -0.05) is 18.2 Å². The van der Waals surface area contributed by atoms with E-state index in [1.807, 2.05) is 38.1 Å². The molecule has 3 aromatic rings. The number of aromatic amines is 1. The summed E-state index contributed by atoms with van der Waals surface area (Å²) in [5.41, 5.74) is 3.25. The van der Waals surface area contributed by atoms with E-state index < -0.39 is 11.8 Å². The van der Waals surface area contributed by atoms with E-state index in [2.05, 4.69) is 5.10 Å². The van der Waals surface area contributed by atoms with Crippen LogP contribution < -0.4 is 10.1 Å². The molecule has 0 saturated heterocycles. The molecule has 0 aliphatic carbocycles. The zero-order chi connectivity index (χ0) is 22.4. The molecular weight excluding hydrogens is 392 g/mol. The zero-order valence-corrected chi connectivity index (χ0v) is 18.3. The highest BCUT2D eigenvalue weighted by atomic mass is 16.2. The van der Waals surface area contributed by atoms with Crippen LogP contribution in [0, 0.1) is 20.8 Å². The predicted octanol–water partition coefficient (Wildman–Crippen LogP) is 2.52. The van der Waals surface area contributed by atoms with Gasteiger partial charge in [-0.25, -0.2) is 4.68 Å². The molecule has 0 fully saturated rings. The maximum absolute atomic E-state index is 13.4. The van der Waals surface area contributed by atoms with Crippen LogP contribution in [0.3, 0.4) is 0 Å². The highest BCUT2D eigenvalue weighted by Gasteiger charge is 2.48. The molecule has 0 unspecified atom stereocenters. The Morgan fingerprint density at radius 1 is 0.903 bits per heavy atom. The fourth-order valence-corrected chi connectivity index (χ4v) is 4.11. The van der Waals surface area contributed by atoms with E-state index in [1.165, 1.54) is 9.58 Å². The van der Waals surface area contributed by atoms with E-state index in [-0.39, 0.29) is 28.4 Å². The summed E-state index contributed by atoms with van der Waals surface area (Å²) in [5.74, 6) is -0.864. The van der Waals surface area contributed by atoms with Crippen LogP contribution in [0.25, 0.3) is 17.0 Å². The molecule has 1 N–H and O–H groups in total. The van der Waals surface area contributed by atoms with Crippen LogP contribution in [0.2, 0.25) is 0 Å². The van der Waals surface area contributed by atoms with Gasteiger partial charge in [-0.2, -0.15) is 4.57 Å². The summed E-state index contributed by atoms with van der Waals surface area (Å²) in [5, 5.41) is 3.06. The first kappa shape index (κ1) is 20.5. The summed E-state index contributed by atoms with van der Waals surface area (Å²) in [6.07, 6.45) is 3.60. The second-order valence-corrected chi connectivity index (χ2v) is 8.18. The molecule has 3 heterocycles. The molecule has 1 aliphatic heterocycles. The van der Waals surface area contributed by atoms with Crippen molar-refractivity contribution in [3.63, 3.8) is 0 Å². The Hall–Kier alpha value is -3.74. The first-order valence-corrected chi connectivity index (χ1v) is 10.2.